The molecule has 1 aromatic heterocycles. The summed E-state index contributed by atoms with van der Waals surface area (Å²) in [6.45, 7) is 2.07. The maximum absolute atomic E-state index is 12.4. The second-order valence-electron chi connectivity index (χ2n) is 6.51. The van der Waals surface area contributed by atoms with E-state index in [4.69, 9.17) is 20.7 Å². The van der Waals surface area contributed by atoms with Gasteiger partial charge in [-0.25, -0.2) is 0 Å². The van der Waals surface area contributed by atoms with Crippen LogP contribution in [0.4, 0.5) is 0 Å². The number of carbonyl (C=O) groups excluding carboxylic acids is 1. The van der Waals surface area contributed by atoms with E-state index in [1.807, 2.05) is 0 Å². The van der Waals surface area contributed by atoms with E-state index in [-0.39, 0.29) is 30.0 Å². The number of nitrogens with two attached hydrogens (primary N) is 1. The number of carbonyl (C=O) groups is 2. The number of nitrogens with one attached hydrogen (secondary N) is 2. The van der Waals surface area contributed by atoms with Gasteiger partial charge in [0.2, 0.25) is 0 Å². The lowest BCUT2D eigenvalue weighted by molar-refractivity contribution is -0.137. The van der Waals surface area contributed by atoms with Crippen molar-refractivity contribution in [3.63, 3.8) is 0 Å². The molecule has 1 aliphatic rings. The number of piperidine rings is 1. The van der Waals surface area contributed by atoms with E-state index in [0.717, 1.165) is 31.3 Å². The summed E-state index contributed by atoms with van der Waals surface area (Å²) in [5, 5.41) is 19.9. The minimum atomic E-state index is -0.793. The Hall–Kier alpha value is -2.87. The highest BCUT2D eigenvalue weighted by atomic mass is 16.4. The number of carboxylic acid groups (broad SMARTS) is 1. The van der Waals surface area contributed by atoms with Crippen molar-refractivity contribution in [1.82, 2.24) is 10.2 Å². The van der Waals surface area contributed by atoms with Gasteiger partial charge in [0.15, 0.2) is 5.76 Å². The van der Waals surface area contributed by atoms with Crippen molar-refractivity contribution in [2.45, 2.75) is 25.3 Å². The molecule has 8 nitrogen and oxygen atoms in total. The monoisotopic (exact) mass is 358 g/mol. The average molecular weight is 358 g/mol. The van der Waals surface area contributed by atoms with Crippen LogP contribution in [0.25, 0.3) is 11.0 Å². The maximum Gasteiger partial charge on any atom is 0.304 e. The van der Waals surface area contributed by atoms with Crippen LogP contribution in [0.15, 0.2) is 28.7 Å². The maximum atomic E-state index is 12.4. The Morgan fingerprint density at radius 1 is 1.31 bits per heavy atom. The fourth-order valence-corrected chi connectivity index (χ4v) is 3.13. The van der Waals surface area contributed by atoms with E-state index in [1.54, 1.807) is 24.3 Å². The number of fused-ring (bicyclic) bond motifs is 1. The quantitative estimate of drug-likeness (QED) is 0.455. The first-order valence-electron chi connectivity index (χ1n) is 8.55. The number of likely N-dealkylation sites (tertiary alicyclic amines) is 1. The van der Waals surface area contributed by atoms with Crippen LogP contribution >= 0.6 is 0 Å². The minimum absolute atomic E-state index is 0.0336. The summed E-state index contributed by atoms with van der Waals surface area (Å²) in [5.41, 5.74) is 6.64. The second kappa shape index (κ2) is 7.57. The van der Waals surface area contributed by atoms with Gasteiger partial charge in [-0.1, -0.05) is 0 Å². The first kappa shape index (κ1) is 17.9. The number of benzene rings is 1. The lowest BCUT2D eigenvalue weighted by Crippen LogP contribution is -2.45. The van der Waals surface area contributed by atoms with Gasteiger partial charge in [-0.05, 0) is 37.1 Å². The molecule has 2 heterocycles. The molecule has 1 saturated heterocycles. The number of amidine groups is 1. The van der Waals surface area contributed by atoms with Gasteiger partial charge in [-0.3, -0.25) is 15.0 Å². The van der Waals surface area contributed by atoms with Crippen LogP contribution in [0.5, 0.6) is 0 Å². The predicted octanol–water partition coefficient (Wildman–Crippen LogP) is 1.39. The summed E-state index contributed by atoms with van der Waals surface area (Å²) >= 11 is 0. The first-order valence-corrected chi connectivity index (χ1v) is 8.55. The third kappa shape index (κ3) is 4.20. The number of nitrogens with zero attached hydrogens (tertiary/aromatic N) is 1. The van der Waals surface area contributed by atoms with Gasteiger partial charge in [-0.2, -0.15) is 0 Å². The zero-order valence-corrected chi connectivity index (χ0v) is 14.3. The molecule has 138 valence electrons. The molecule has 1 aliphatic heterocycles. The lowest BCUT2D eigenvalue weighted by atomic mass is 10.0. The summed E-state index contributed by atoms with van der Waals surface area (Å²) < 4.78 is 5.59. The van der Waals surface area contributed by atoms with Gasteiger partial charge in [0, 0.05) is 36.6 Å². The molecular formula is C18H22N4O4. The summed E-state index contributed by atoms with van der Waals surface area (Å²) in [6, 6.07) is 6.80. The largest absolute Gasteiger partial charge is 0.481 e. The van der Waals surface area contributed by atoms with E-state index in [2.05, 4.69) is 10.2 Å². The van der Waals surface area contributed by atoms with Gasteiger partial charge in [0.1, 0.15) is 11.4 Å². The highest BCUT2D eigenvalue weighted by molar-refractivity contribution is 6.00. The lowest BCUT2D eigenvalue weighted by Gasteiger charge is -2.31. The van der Waals surface area contributed by atoms with Gasteiger partial charge < -0.3 is 25.5 Å². The molecule has 3 rings (SSSR count). The zero-order chi connectivity index (χ0) is 18.7. The summed E-state index contributed by atoms with van der Waals surface area (Å²) in [6.07, 6.45) is 1.69. The molecule has 0 bridgehead atoms. The van der Waals surface area contributed by atoms with E-state index >= 15 is 0 Å². The van der Waals surface area contributed by atoms with E-state index in [1.165, 1.54) is 0 Å². The average Bonchev–Trinajstić information content (AvgIpc) is 3.04. The molecular weight excluding hydrogens is 336 g/mol. The zero-order valence-electron chi connectivity index (χ0n) is 14.3. The van der Waals surface area contributed by atoms with E-state index in [0.29, 0.717) is 17.7 Å². The van der Waals surface area contributed by atoms with Crippen LogP contribution in [-0.4, -0.2) is 53.4 Å². The van der Waals surface area contributed by atoms with Crippen LogP contribution in [0.2, 0.25) is 0 Å². The molecule has 1 fully saturated rings. The van der Waals surface area contributed by atoms with Crippen LogP contribution in [0.1, 0.15) is 35.4 Å². The molecule has 0 spiro atoms. The summed E-state index contributed by atoms with van der Waals surface area (Å²) in [5.74, 6) is -0.865. The van der Waals surface area contributed by atoms with Crippen molar-refractivity contribution < 1.29 is 19.1 Å². The van der Waals surface area contributed by atoms with Crippen molar-refractivity contribution in [2.24, 2.45) is 5.73 Å². The standard InChI is InChI=1S/C18H22N4O4/c19-17(20)11-1-2-14-12(9-11)10-15(26-14)18(25)21-13-3-6-22(7-4-13)8-5-16(23)24/h1-2,9-10,13H,3-8H2,(H3,19,20)(H,21,25)(H,23,24). The van der Waals surface area contributed by atoms with Gasteiger partial charge in [-0.15, -0.1) is 0 Å². The Morgan fingerprint density at radius 2 is 2.04 bits per heavy atom. The summed E-state index contributed by atoms with van der Waals surface area (Å²) in [4.78, 5) is 25.2. The first-order chi connectivity index (χ1) is 12.4. The Labute approximate surface area is 150 Å². The van der Waals surface area contributed by atoms with Gasteiger partial charge in [0.05, 0.1) is 6.42 Å². The molecule has 2 aromatic rings. The number of hydrogen-bond donors (Lipinski definition) is 4. The van der Waals surface area contributed by atoms with Crippen molar-refractivity contribution in [3.8, 4) is 0 Å². The number of nitrogen functional groups attached to an aromatic ring is 1. The fraction of sp³-hybridized carbons (Fsp3) is 0.389. The Bertz CT molecular complexity index is 837. The number of amides is 1. The highest BCUT2D eigenvalue weighted by Gasteiger charge is 2.22. The molecule has 0 saturated carbocycles. The predicted molar refractivity (Wildman–Crippen MR) is 96.4 cm³/mol. The summed E-state index contributed by atoms with van der Waals surface area (Å²) in [7, 11) is 0. The van der Waals surface area contributed by atoms with Crippen LogP contribution in [0, 0.1) is 5.41 Å². The fourth-order valence-electron chi connectivity index (χ4n) is 3.13. The van der Waals surface area contributed by atoms with Crippen molar-refractivity contribution in [3.05, 3.63) is 35.6 Å². The molecule has 5 N–H and O–H groups in total. The smallest absolute Gasteiger partial charge is 0.304 e. The normalized spacial score (nSPS) is 15.8. The topological polar surface area (TPSA) is 133 Å². The van der Waals surface area contributed by atoms with Gasteiger partial charge >= 0.3 is 5.97 Å². The van der Waals surface area contributed by atoms with Crippen molar-refractivity contribution in [2.75, 3.05) is 19.6 Å². The third-order valence-electron chi connectivity index (χ3n) is 4.62. The molecule has 1 amide bonds. The Kier molecular flexibility index (Phi) is 5.22. The number of aliphatic carboxylic acids is 1. The SMILES string of the molecule is N=C(N)c1ccc2oc(C(=O)NC3CCN(CCC(=O)O)CC3)cc2c1. The molecule has 0 atom stereocenters. The van der Waals surface area contributed by atoms with Crippen LogP contribution < -0.4 is 11.1 Å². The molecule has 1 aromatic carbocycles. The van der Waals surface area contributed by atoms with Crippen LogP contribution in [-0.2, 0) is 4.79 Å². The number of hydrogen-bond acceptors (Lipinski definition) is 5. The van der Waals surface area contributed by atoms with Gasteiger partial charge in [0.25, 0.3) is 5.91 Å². The second-order valence-corrected chi connectivity index (χ2v) is 6.51. The Balaban J connectivity index is 1.58. The molecule has 0 unspecified atom stereocenters. The van der Waals surface area contributed by atoms with Crippen molar-refractivity contribution in [1.29, 1.82) is 5.41 Å². The molecule has 0 radical (unpaired) electrons. The Morgan fingerprint density at radius 3 is 2.69 bits per heavy atom. The molecule has 0 aliphatic carbocycles. The van der Waals surface area contributed by atoms with Crippen LogP contribution in [0.3, 0.4) is 0 Å². The number of rotatable bonds is 6. The van der Waals surface area contributed by atoms with E-state index in [9.17, 15) is 9.59 Å². The molecule has 8 heteroatoms. The highest BCUT2D eigenvalue weighted by Crippen LogP contribution is 2.21. The minimum Gasteiger partial charge on any atom is -0.481 e. The molecule has 26 heavy (non-hydrogen) atoms. The van der Waals surface area contributed by atoms with Crippen molar-refractivity contribution >= 4 is 28.7 Å². The number of furan rings is 1. The van der Waals surface area contributed by atoms with E-state index < -0.39 is 5.97 Å². The third-order valence-corrected chi connectivity index (χ3v) is 4.62. The number of carboxylic acids is 1.